The van der Waals surface area contributed by atoms with Gasteiger partial charge in [-0.25, -0.2) is 0 Å². The van der Waals surface area contributed by atoms with Crippen LogP contribution in [0.25, 0.3) is 0 Å². The van der Waals surface area contributed by atoms with E-state index in [4.69, 9.17) is 10.8 Å². The van der Waals surface area contributed by atoms with E-state index in [2.05, 4.69) is 31.9 Å². The van der Waals surface area contributed by atoms with E-state index in [1.807, 2.05) is 0 Å². The molecule has 0 aromatic carbocycles. The van der Waals surface area contributed by atoms with E-state index < -0.39 is 12.0 Å². The molecule has 0 aromatic heterocycles. The van der Waals surface area contributed by atoms with Crippen LogP contribution < -0.4 is 5.73 Å². The molecular weight excluding hydrogens is 290 g/mol. The van der Waals surface area contributed by atoms with Crippen molar-refractivity contribution in [3.63, 3.8) is 0 Å². The molecule has 0 radical (unpaired) electrons. The topological polar surface area (TPSA) is 63.3 Å². The molecule has 0 aliphatic rings. The van der Waals surface area contributed by atoms with Crippen LogP contribution in [0.1, 0.15) is 12.8 Å². The highest BCUT2D eigenvalue weighted by molar-refractivity contribution is 9.09. The highest BCUT2D eigenvalue weighted by Gasteiger charge is 2.22. The Labute approximate surface area is 89.0 Å². The molecule has 1 atom stereocenters. The Kier molecular flexibility index (Phi) is 7.08. The van der Waals surface area contributed by atoms with Gasteiger partial charge in [0.15, 0.2) is 0 Å². The predicted molar refractivity (Wildman–Crippen MR) is 55.9 cm³/mol. The number of halogens is 2. The maximum Gasteiger partial charge on any atom is 0.320 e. The molecule has 1 unspecified atom stereocenters. The summed E-state index contributed by atoms with van der Waals surface area (Å²) in [5.41, 5.74) is 5.49. The molecule has 0 saturated heterocycles. The SMILES string of the molecule is NC(C(=O)O)C(CCBr)CCBr. The zero-order valence-electron chi connectivity index (χ0n) is 6.67. The molecule has 0 amide bonds. The molecule has 0 saturated carbocycles. The van der Waals surface area contributed by atoms with Gasteiger partial charge in [-0.1, -0.05) is 31.9 Å². The lowest BCUT2D eigenvalue weighted by atomic mass is 9.95. The maximum absolute atomic E-state index is 10.5. The Morgan fingerprint density at radius 1 is 1.33 bits per heavy atom. The van der Waals surface area contributed by atoms with E-state index in [1.54, 1.807) is 0 Å². The van der Waals surface area contributed by atoms with Crippen molar-refractivity contribution < 1.29 is 9.90 Å². The van der Waals surface area contributed by atoms with Crippen LogP contribution in [0.2, 0.25) is 0 Å². The average Bonchev–Trinajstić information content (AvgIpc) is 2.03. The van der Waals surface area contributed by atoms with Gasteiger partial charge < -0.3 is 10.8 Å². The third-order valence-corrected chi connectivity index (χ3v) is 2.67. The summed E-state index contributed by atoms with van der Waals surface area (Å²) in [6, 6.07) is -0.736. The van der Waals surface area contributed by atoms with Crippen LogP contribution in [0.4, 0.5) is 0 Å². The van der Waals surface area contributed by atoms with Gasteiger partial charge in [-0.05, 0) is 18.8 Å². The van der Waals surface area contributed by atoms with Crippen LogP contribution in [-0.4, -0.2) is 27.8 Å². The van der Waals surface area contributed by atoms with Crippen molar-refractivity contribution in [3.05, 3.63) is 0 Å². The van der Waals surface area contributed by atoms with Gasteiger partial charge in [-0.3, -0.25) is 4.79 Å². The van der Waals surface area contributed by atoms with E-state index in [9.17, 15) is 4.79 Å². The monoisotopic (exact) mass is 301 g/mol. The Hall–Kier alpha value is 0.390. The highest BCUT2D eigenvalue weighted by Crippen LogP contribution is 2.15. The quantitative estimate of drug-likeness (QED) is 0.732. The number of alkyl halides is 2. The van der Waals surface area contributed by atoms with Gasteiger partial charge in [0, 0.05) is 10.7 Å². The van der Waals surface area contributed by atoms with Crippen LogP contribution >= 0.6 is 31.9 Å². The van der Waals surface area contributed by atoms with E-state index in [0.717, 1.165) is 23.5 Å². The standard InChI is InChI=1S/C7H13Br2NO2/c8-3-1-5(2-4-9)6(10)7(11)12/h5-6H,1-4,10H2,(H,11,12). The lowest BCUT2D eigenvalue weighted by Gasteiger charge is -2.18. The third-order valence-electron chi connectivity index (χ3n) is 1.75. The number of hydrogen-bond donors (Lipinski definition) is 2. The van der Waals surface area contributed by atoms with Gasteiger partial charge in [0.2, 0.25) is 0 Å². The highest BCUT2D eigenvalue weighted by atomic mass is 79.9. The Morgan fingerprint density at radius 3 is 2.00 bits per heavy atom. The molecule has 0 aliphatic heterocycles. The second-order valence-corrected chi connectivity index (χ2v) is 4.17. The first-order valence-corrected chi connectivity index (χ1v) is 5.98. The van der Waals surface area contributed by atoms with Gasteiger partial charge in [-0.2, -0.15) is 0 Å². The molecule has 0 spiro atoms. The van der Waals surface area contributed by atoms with Crippen LogP contribution in [0.15, 0.2) is 0 Å². The van der Waals surface area contributed by atoms with E-state index in [0.29, 0.717) is 0 Å². The summed E-state index contributed by atoms with van der Waals surface area (Å²) in [5, 5.41) is 10.2. The maximum atomic E-state index is 10.5. The molecule has 0 fully saturated rings. The molecule has 0 aliphatic carbocycles. The van der Waals surface area contributed by atoms with Crippen molar-refractivity contribution in [1.82, 2.24) is 0 Å². The van der Waals surface area contributed by atoms with Crippen molar-refractivity contribution in [2.75, 3.05) is 10.7 Å². The fourth-order valence-electron chi connectivity index (χ4n) is 0.985. The van der Waals surface area contributed by atoms with Crippen molar-refractivity contribution in [3.8, 4) is 0 Å². The fraction of sp³-hybridized carbons (Fsp3) is 0.857. The second kappa shape index (κ2) is 6.86. The Balaban J connectivity index is 3.98. The van der Waals surface area contributed by atoms with Gasteiger partial charge in [0.1, 0.15) is 6.04 Å². The summed E-state index contributed by atoms with van der Waals surface area (Å²) in [4.78, 5) is 10.5. The zero-order chi connectivity index (χ0) is 9.56. The average molecular weight is 303 g/mol. The normalized spacial score (nSPS) is 13.3. The molecule has 3 N–H and O–H groups in total. The summed E-state index contributed by atoms with van der Waals surface area (Å²) in [6.45, 7) is 0. The largest absolute Gasteiger partial charge is 0.480 e. The summed E-state index contributed by atoms with van der Waals surface area (Å²) in [7, 11) is 0. The van der Waals surface area contributed by atoms with Crippen molar-refractivity contribution in [2.24, 2.45) is 11.7 Å². The lowest BCUT2D eigenvalue weighted by Crippen LogP contribution is -2.38. The number of hydrogen-bond acceptors (Lipinski definition) is 2. The molecule has 0 heterocycles. The Bertz CT molecular complexity index is 137. The second-order valence-electron chi connectivity index (χ2n) is 2.58. The van der Waals surface area contributed by atoms with Crippen LogP contribution in [0, 0.1) is 5.92 Å². The lowest BCUT2D eigenvalue weighted by molar-refractivity contribution is -0.139. The van der Waals surface area contributed by atoms with Crippen LogP contribution in [0.3, 0.4) is 0 Å². The molecule has 0 aromatic rings. The van der Waals surface area contributed by atoms with Crippen molar-refractivity contribution >= 4 is 37.8 Å². The van der Waals surface area contributed by atoms with E-state index in [1.165, 1.54) is 0 Å². The smallest absolute Gasteiger partial charge is 0.320 e. The first-order chi connectivity index (χ1) is 5.63. The minimum absolute atomic E-state index is 0.0567. The van der Waals surface area contributed by atoms with Gasteiger partial charge >= 0.3 is 5.97 Å². The van der Waals surface area contributed by atoms with Crippen molar-refractivity contribution in [2.45, 2.75) is 18.9 Å². The van der Waals surface area contributed by atoms with E-state index >= 15 is 0 Å². The molecule has 72 valence electrons. The summed E-state index contributed by atoms with van der Waals surface area (Å²) >= 11 is 6.55. The molecule has 0 bridgehead atoms. The number of aliphatic carboxylic acids is 1. The van der Waals surface area contributed by atoms with Gasteiger partial charge in [-0.15, -0.1) is 0 Å². The van der Waals surface area contributed by atoms with Crippen LogP contribution in [-0.2, 0) is 4.79 Å². The summed E-state index contributed by atoms with van der Waals surface area (Å²) in [5.74, 6) is -0.858. The van der Waals surface area contributed by atoms with E-state index in [-0.39, 0.29) is 5.92 Å². The number of nitrogens with two attached hydrogens (primary N) is 1. The first kappa shape index (κ1) is 12.4. The Morgan fingerprint density at radius 2 is 1.75 bits per heavy atom. The first-order valence-electron chi connectivity index (χ1n) is 3.73. The molecule has 5 heteroatoms. The third kappa shape index (κ3) is 4.42. The minimum Gasteiger partial charge on any atom is -0.480 e. The summed E-state index contributed by atoms with van der Waals surface area (Å²) < 4.78 is 0. The number of carboxylic acids is 1. The number of carbonyl (C=O) groups is 1. The molecule has 3 nitrogen and oxygen atoms in total. The predicted octanol–water partition coefficient (Wildman–Crippen LogP) is 1.58. The van der Waals surface area contributed by atoms with Gasteiger partial charge in [0.05, 0.1) is 0 Å². The van der Waals surface area contributed by atoms with Gasteiger partial charge in [0.25, 0.3) is 0 Å². The molecule has 0 rings (SSSR count). The minimum atomic E-state index is -0.915. The van der Waals surface area contributed by atoms with Crippen molar-refractivity contribution in [1.29, 1.82) is 0 Å². The van der Waals surface area contributed by atoms with Crippen LogP contribution in [0.5, 0.6) is 0 Å². The number of rotatable bonds is 6. The zero-order valence-corrected chi connectivity index (χ0v) is 9.84. The molecular formula is C7H13Br2NO2. The molecule has 12 heavy (non-hydrogen) atoms. The number of carboxylic acid groups (broad SMARTS) is 1. The summed E-state index contributed by atoms with van der Waals surface area (Å²) in [6.07, 6.45) is 1.61. The fourth-order valence-corrected chi connectivity index (χ4v) is 2.16.